The fourth-order valence-corrected chi connectivity index (χ4v) is 8.27. The molecule has 2 aromatic carbocycles. The van der Waals surface area contributed by atoms with Gasteiger partial charge in [-0.25, -0.2) is 4.79 Å². The van der Waals surface area contributed by atoms with Gasteiger partial charge in [0.2, 0.25) is 0 Å². The smallest absolute Gasteiger partial charge is 0.408 e. The first-order valence-corrected chi connectivity index (χ1v) is 13.9. The molecule has 1 spiro atoms. The number of hydrogen-bond donors (Lipinski definition) is 2. The van der Waals surface area contributed by atoms with Crippen LogP contribution in [0.5, 0.6) is 11.5 Å². The molecule has 2 N–H and O–H groups in total. The standard InChI is InChI=1S/C30H31ClN2O5/c1-33-15-14-29-19-10-12-23(27(29)38-26-22(34)11-9-17(25(26)29)16-21(19)33)37-28(36)32-30(13-5-4-8-24(30)35)18-6-2-3-7-20(18)31/h2-3,6-7,9-12,19,21,23,27,34H,4-5,8,13-16H2,1H3,(H,32,36)/t19-,21+,23?,27-,29-,30-/m0/s1. The number of carbonyl (C=O) groups is 2. The topological polar surface area (TPSA) is 88.1 Å². The molecule has 3 aliphatic carbocycles. The number of ketones is 1. The van der Waals surface area contributed by atoms with Gasteiger partial charge in [-0.1, -0.05) is 41.9 Å². The van der Waals surface area contributed by atoms with Gasteiger partial charge in [-0.15, -0.1) is 0 Å². The summed E-state index contributed by atoms with van der Waals surface area (Å²) in [6, 6.07) is 11.2. The molecule has 1 unspecified atom stereocenters. The Kier molecular flexibility index (Phi) is 5.37. The molecule has 6 atom stereocenters. The number of piperidine rings is 1. The molecule has 1 amide bonds. The number of amides is 1. The van der Waals surface area contributed by atoms with Gasteiger partial charge < -0.3 is 24.8 Å². The van der Waals surface area contributed by atoms with Crippen molar-refractivity contribution >= 4 is 23.5 Å². The second kappa shape index (κ2) is 8.48. The molecule has 8 heteroatoms. The number of likely N-dealkylation sites (tertiary alicyclic amines) is 1. The lowest BCUT2D eigenvalue weighted by atomic mass is 9.53. The van der Waals surface area contributed by atoms with E-state index in [1.165, 1.54) is 5.56 Å². The van der Waals surface area contributed by atoms with Gasteiger partial charge in [0.05, 0.1) is 0 Å². The predicted molar refractivity (Wildman–Crippen MR) is 142 cm³/mol. The number of carbonyl (C=O) groups excluding carboxylic acids is 2. The van der Waals surface area contributed by atoms with E-state index in [4.69, 9.17) is 21.1 Å². The number of aromatic hydroxyl groups is 1. The van der Waals surface area contributed by atoms with Crippen molar-refractivity contribution in [1.82, 2.24) is 10.2 Å². The van der Waals surface area contributed by atoms with E-state index in [2.05, 4.69) is 23.3 Å². The number of nitrogens with one attached hydrogen (secondary N) is 1. The third kappa shape index (κ3) is 3.18. The van der Waals surface area contributed by atoms with Crippen LogP contribution in [-0.4, -0.2) is 53.7 Å². The highest BCUT2D eigenvalue weighted by molar-refractivity contribution is 6.31. The number of likely N-dealkylation sites (N-methyl/N-ethyl adjacent to an activating group) is 1. The highest BCUT2D eigenvalue weighted by Crippen LogP contribution is 2.62. The Balaban J connectivity index is 1.23. The average molecular weight is 535 g/mol. The summed E-state index contributed by atoms with van der Waals surface area (Å²) in [4.78, 5) is 29.3. The summed E-state index contributed by atoms with van der Waals surface area (Å²) in [5.74, 6) is 0.779. The molecule has 38 heavy (non-hydrogen) atoms. The summed E-state index contributed by atoms with van der Waals surface area (Å²) in [5, 5.41) is 14.1. The SMILES string of the molecule is CN1CC[C@]23c4c5ccc(O)c4O[C@H]2C(OC(=O)N[C@]2(c4ccccc4Cl)CCCCC2=O)C=C[C@H]3[C@H]1C5. The second-order valence-electron chi connectivity index (χ2n) is 11.4. The summed E-state index contributed by atoms with van der Waals surface area (Å²) in [6.45, 7) is 0.895. The number of phenols is 1. The monoisotopic (exact) mass is 534 g/mol. The van der Waals surface area contributed by atoms with Gasteiger partial charge >= 0.3 is 6.09 Å². The Morgan fingerprint density at radius 2 is 2.03 bits per heavy atom. The Labute approximate surface area is 226 Å². The summed E-state index contributed by atoms with van der Waals surface area (Å²) < 4.78 is 12.6. The molecule has 7 rings (SSSR count). The molecule has 198 valence electrons. The fraction of sp³-hybridized carbons (Fsp3) is 0.467. The zero-order chi connectivity index (χ0) is 26.2. The maximum atomic E-state index is 13.6. The van der Waals surface area contributed by atoms with E-state index in [1.54, 1.807) is 18.2 Å². The Bertz CT molecular complexity index is 1380. The average Bonchev–Trinajstić information content (AvgIpc) is 3.26. The highest BCUT2D eigenvalue weighted by Gasteiger charge is 2.65. The maximum Gasteiger partial charge on any atom is 0.408 e. The van der Waals surface area contributed by atoms with Crippen LogP contribution in [0.2, 0.25) is 5.02 Å². The Morgan fingerprint density at radius 1 is 1.18 bits per heavy atom. The normalized spacial score (nSPS) is 34.8. The minimum atomic E-state index is -1.22. The molecule has 2 bridgehead atoms. The summed E-state index contributed by atoms with van der Waals surface area (Å²) in [6.07, 6.45) is 6.45. The lowest BCUT2D eigenvalue weighted by Crippen LogP contribution is -2.65. The zero-order valence-electron chi connectivity index (χ0n) is 21.3. The molecule has 2 heterocycles. The number of ether oxygens (including phenoxy) is 2. The van der Waals surface area contributed by atoms with Crippen LogP contribution in [-0.2, 0) is 26.9 Å². The van der Waals surface area contributed by atoms with Crippen LogP contribution in [0, 0.1) is 5.92 Å². The van der Waals surface area contributed by atoms with E-state index in [-0.39, 0.29) is 22.9 Å². The van der Waals surface area contributed by atoms with Crippen LogP contribution in [0.1, 0.15) is 48.8 Å². The zero-order valence-corrected chi connectivity index (χ0v) is 22.0. The van der Waals surface area contributed by atoms with Crippen molar-refractivity contribution in [3.63, 3.8) is 0 Å². The van der Waals surface area contributed by atoms with Gasteiger partial charge in [0.1, 0.15) is 11.6 Å². The van der Waals surface area contributed by atoms with E-state index in [1.807, 2.05) is 24.3 Å². The van der Waals surface area contributed by atoms with Crippen molar-refractivity contribution in [2.75, 3.05) is 13.6 Å². The number of halogens is 1. The van der Waals surface area contributed by atoms with Gasteiger partial charge in [0.15, 0.2) is 23.4 Å². The van der Waals surface area contributed by atoms with E-state index < -0.39 is 23.8 Å². The van der Waals surface area contributed by atoms with Crippen LogP contribution in [0.25, 0.3) is 0 Å². The van der Waals surface area contributed by atoms with Gasteiger partial charge in [-0.05, 0) is 69.5 Å². The summed E-state index contributed by atoms with van der Waals surface area (Å²) in [5.41, 5.74) is 1.27. The minimum absolute atomic E-state index is 0.0591. The number of benzene rings is 2. The molecule has 1 saturated carbocycles. The largest absolute Gasteiger partial charge is 0.504 e. The molecule has 0 aromatic heterocycles. The first kappa shape index (κ1) is 24.0. The Hall–Kier alpha value is -3.03. The number of hydrogen-bond acceptors (Lipinski definition) is 6. The third-order valence-electron chi connectivity index (χ3n) is 9.70. The number of Topliss-reactive ketones (excluding diaryl/α,β-unsaturated/α-hetero) is 1. The van der Waals surface area contributed by atoms with Crippen LogP contribution < -0.4 is 10.1 Å². The molecule has 2 aromatic rings. The van der Waals surface area contributed by atoms with Gasteiger partial charge in [-0.3, -0.25) is 4.79 Å². The molecule has 2 aliphatic heterocycles. The van der Waals surface area contributed by atoms with Crippen LogP contribution in [0.3, 0.4) is 0 Å². The number of rotatable bonds is 3. The van der Waals surface area contributed by atoms with E-state index >= 15 is 0 Å². The van der Waals surface area contributed by atoms with Crippen molar-refractivity contribution in [3.05, 3.63) is 70.3 Å². The summed E-state index contributed by atoms with van der Waals surface area (Å²) in [7, 11) is 2.16. The minimum Gasteiger partial charge on any atom is -0.504 e. The van der Waals surface area contributed by atoms with Crippen molar-refractivity contribution in [3.8, 4) is 11.5 Å². The Morgan fingerprint density at radius 3 is 2.84 bits per heavy atom. The third-order valence-corrected chi connectivity index (χ3v) is 10.0. The molecule has 7 nitrogen and oxygen atoms in total. The van der Waals surface area contributed by atoms with Crippen molar-refractivity contribution in [2.24, 2.45) is 5.92 Å². The first-order chi connectivity index (χ1) is 18.3. The van der Waals surface area contributed by atoms with Crippen LogP contribution >= 0.6 is 11.6 Å². The van der Waals surface area contributed by atoms with Crippen molar-refractivity contribution < 1.29 is 24.2 Å². The van der Waals surface area contributed by atoms with Gasteiger partial charge in [0, 0.05) is 39.9 Å². The maximum absolute atomic E-state index is 13.6. The van der Waals surface area contributed by atoms with Crippen LogP contribution in [0.15, 0.2) is 48.6 Å². The van der Waals surface area contributed by atoms with Gasteiger partial charge in [0.25, 0.3) is 0 Å². The second-order valence-corrected chi connectivity index (χ2v) is 11.9. The fourth-order valence-electron chi connectivity index (χ4n) is 7.97. The number of alkyl carbamates (subject to hydrolysis) is 1. The summed E-state index contributed by atoms with van der Waals surface area (Å²) >= 11 is 6.53. The van der Waals surface area contributed by atoms with Crippen molar-refractivity contribution in [1.29, 1.82) is 0 Å². The molecule has 5 aliphatic rings. The van der Waals surface area contributed by atoms with Crippen LogP contribution in [0.4, 0.5) is 4.79 Å². The molecule has 0 radical (unpaired) electrons. The van der Waals surface area contributed by atoms with E-state index in [9.17, 15) is 14.7 Å². The highest BCUT2D eigenvalue weighted by atomic mass is 35.5. The molecule has 2 fully saturated rings. The molecule has 1 saturated heterocycles. The molecular formula is C30H31ClN2O5. The molecular weight excluding hydrogens is 504 g/mol. The first-order valence-electron chi connectivity index (χ1n) is 13.5. The lowest BCUT2D eigenvalue weighted by molar-refractivity contribution is -0.128. The quantitative estimate of drug-likeness (QED) is 0.559. The van der Waals surface area contributed by atoms with Crippen molar-refractivity contribution in [2.45, 2.75) is 67.7 Å². The van der Waals surface area contributed by atoms with E-state index in [0.717, 1.165) is 37.8 Å². The van der Waals surface area contributed by atoms with Gasteiger partial charge in [-0.2, -0.15) is 0 Å². The number of phenolic OH excluding ortho intramolecular Hbond substituents is 1. The number of nitrogens with zero attached hydrogens (tertiary/aromatic N) is 1. The van der Waals surface area contributed by atoms with E-state index in [0.29, 0.717) is 35.2 Å². The predicted octanol–water partition coefficient (Wildman–Crippen LogP) is 4.62. The lowest BCUT2D eigenvalue weighted by Gasteiger charge is -2.56.